The molecule has 0 aromatic heterocycles. The Morgan fingerprint density at radius 3 is 2.67 bits per heavy atom. The lowest BCUT2D eigenvalue weighted by Crippen LogP contribution is -2.34. The first-order valence-electron chi connectivity index (χ1n) is 7.71. The third kappa shape index (κ3) is 3.61. The summed E-state index contributed by atoms with van der Waals surface area (Å²) in [6, 6.07) is 11.1. The molecule has 1 heterocycles. The topological polar surface area (TPSA) is 41.5 Å². The van der Waals surface area contributed by atoms with Crippen molar-refractivity contribution in [3.8, 4) is 11.1 Å². The van der Waals surface area contributed by atoms with Crippen LogP contribution in [0.25, 0.3) is 11.1 Å². The molecule has 1 aliphatic rings. The maximum Gasteiger partial charge on any atom is 0.416 e. The molecular formula is C18H18F3NO2. The molecule has 0 saturated carbocycles. The molecule has 6 heteroatoms. The highest BCUT2D eigenvalue weighted by Crippen LogP contribution is 2.34. The molecular weight excluding hydrogens is 319 g/mol. The van der Waals surface area contributed by atoms with Crippen molar-refractivity contribution in [2.45, 2.75) is 18.8 Å². The van der Waals surface area contributed by atoms with Gasteiger partial charge in [0.25, 0.3) is 0 Å². The van der Waals surface area contributed by atoms with Crippen LogP contribution in [0, 0.1) is 0 Å². The van der Waals surface area contributed by atoms with Gasteiger partial charge in [0, 0.05) is 6.54 Å². The highest BCUT2D eigenvalue weighted by Gasteiger charge is 2.31. The van der Waals surface area contributed by atoms with Crippen LogP contribution < -0.4 is 5.32 Å². The summed E-state index contributed by atoms with van der Waals surface area (Å²) in [5.41, 5.74) is 1.89. The number of nitrogens with one attached hydrogen (secondary N) is 1. The van der Waals surface area contributed by atoms with Crippen molar-refractivity contribution < 1.29 is 23.0 Å². The molecule has 2 aromatic carbocycles. The molecule has 128 valence electrons. The van der Waals surface area contributed by atoms with Gasteiger partial charge in [-0.05, 0) is 40.5 Å². The average Bonchev–Trinajstić information content (AvgIpc) is 2.61. The van der Waals surface area contributed by atoms with Crippen molar-refractivity contribution in [3.05, 3.63) is 59.2 Å². The summed E-state index contributed by atoms with van der Waals surface area (Å²) in [7, 11) is 0. The maximum absolute atomic E-state index is 12.8. The first-order valence-corrected chi connectivity index (χ1v) is 7.71. The van der Waals surface area contributed by atoms with E-state index in [2.05, 4.69) is 5.32 Å². The van der Waals surface area contributed by atoms with Gasteiger partial charge in [-0.15, -0.1) is 0 Å². The number of alkyl halides is 3. The molecule has 3 rings (SSSR count). The molecule has 1 fully saturated rings. The molecule has 0 amide bonds. The van der Waals surface area contributed by atoms with Crippen molar-refractivity contribution in [3.63, 3.8) is 0 Å². The standard InChI is InChI=1S/C18H18F3NO2/c19-18(20,21)15-4-5-16(14(9-15)10-23)12-2-1-3-13(8-12)17-11-24-7-6-22-17/h1-5,8-9,17,22-23H,6-7,10-11H2/t17-/m0/s1. The number of benzene rings is 2. The van der Waals surface area contributed by atoms with E-state index < -0.39 is 18.3 Å². The monoisotopic (exact) mass is 337 g/mol. The van der Waals surface area contributed by atoms with E-state index in [0.29, 0.717) is 18.8 Å². The Hall–Kier alpha value is -1.89. The van der Waals surface area contributed by atoms with E-state index in [4.69, 9.17) is 4.74 Å². The van der Waals surface area contributed by atoms with Gasteiger partial charge in [0.2, 0.25) is 0 Å². The van der Waals surface area contributed by atoms with Crippen LogP contribution >= 0.6 is 0 Å². The van der Waals surface area contributed by atoms with E-state index in [1.165, 1.54) is 6.07 Å². The van der Waals surface area contributed by atoms with Gasteiger partial charge >= 0.3 is 6.18 Å². The molecule has 2 aromatic rings. The minimum atomic E-state index is -4.42. The van der Waals surface area contributed by atoms with Crippen LogP contribution in [0.3, 0.4) is 0 Å². The molecule has 24 heavy (non-hydrogen) atoms. The van der Waals surface area contributed by atoms with Crippen molar-refractivity contribution in [2.75, 3.05) is 19.8 Å². The van der Waals surface area contributed by atoms with Crippen molar-refractivity contribution in [1.29, 1.82) is 0 Å². The number of halogens is 3. The molecule has 0 aliphatic carbocycles. The zero-order chi connectivity index (χ0) is 17.2. The molecule has 3 nitrogen and oxygen atoms in total. The summed E-state index contributed by atoms with van der Waals surface area (Å²) < 4.78 is 44.0. The number of aliphatic hydroxyl groups is 1. The van der Waals surface area contributed by atoms with Gasteiger partial charge in [0.15, 0.2) is 0 Å². The van der Waals surface area contributed by atoms with Gasteiger partial charge in [-0.3, -0.25) is 0 Å². The molecule has 2 N–H and O–H groups in total. The Labute approximate surface area is 138 Å². The van der Waals surface area contributed by atoms with Crippen LogP contribution in [0.2, 0.25) is 0 Å². The van der Waals surface area contributed by atoms with E-state index >= 15 is 0 Å². The molecule has 0 unspecified atom stereocenters. The third-order valence-electron chi connectivity index (χ3n) is 4.12. The SMILES string of the molecule is OCc1cc(C(F)(F)F)ccc1-c1cccc([C@@H]2COCCN2)c1. The molecule has 1 atom stereocenters. The van der Waals surface area contributed by atoms with E-state index in [1.807, 2.05) is 24.3 Å². The highest BCUT2D eigenvalue weighted by atomic mass is 19.4. The van der Waals surface area contributed by atoms with E-state index in [0.717, 1.165) is 29.8 Å². The quantitative estimate of drug-likeness (QED) is 0.900. The Bertz CT molecular complexity index is 710. The van der Waals surface area contributed by atoms with Crippen LogP contribution in [-0.2, 0) is 17.5 Å². The smallest absolute Gasteiger partial charge is 0.392 e. The first-order chi connectivity index (χ1) is 11.5. The summed E-state index contributed by atoms with van der Waals surface area (Å²) >= 11 is 0. The predicted molar refractivity (Wildman–Crippen MR) is 84.4 cm³/mol. The first kappa shape index (κ1) is 17.0. The van der Waals surface area contributed by atoms with Gasteiger partial charge in [0.05, 0.1) is 31.4 Å². The lowest BCUT2D eigenvalue weighted by atomic mass is 9.94. The number of hydrogen-bond acceptors (Lipinski definition) is 3. The largest absolute Gasteiger partial charge is 0.416 e. The Morgan fingerprint density at radius 1 is 1.17 bits per heavy atom. The van der Waals surface area contributed by atoms with Crippen molar-refractivity contribution >= 4 is 0 Å². The summed E-state index contributed by atoms with van der Waals surface area (Å²) in [5.74, 6) is 0. The van der Waals surface area contributed by atoms with Gasteiger partial charge < -0.3 is 15.2 Å². The maximum atomic E-state index is 12.8. The molecule has 0 spiro atoms. The Morgan fingerprint density at radius 2 is 2.00 bits per heavy atom. The summed E-state index contributed by atoms with van der Waals surface area (Å²) in [4.78, 5) is 0. The fraction of sp³-hybridized carbons (Fsp3) is 0.333. The normalized spacial score (nSPS) is 18.6. The summed E-state index contributed by atoms with van der Waals surface area (Å²) in [5, 5.41) is 12.8. The summed E-state index contributed by atoms with van der Waals surface area (Å²) in [6.45, 7) is 1.54. The number of ether oxygens (including phenoxy) is 1. The number of morpholine rings is 1. The lowest BCUT2D eigenvalue weighted by molar-refractivity contribution is -0.137. The van der Waals surface area contributed by atoms with Gasteiger partial charge in [-0.1, -0.05) is 24.3 Å². The van der Waals surface area contributed by atoms with Gasteiger partial charge in [-0.25, -0.2) is 0 Å². The molecule has 0 bridgehead atoms. The Balaban J connectivity index is 1.96. The van der Waals surface area contributed by atoms with E-state index in [9.17, 15) is 18.3 Å². The van der Waals surface area contributed by atoms with Crippen LogP contribution in [0.4, 0.5) is 13.2 Å². The second kappa shape index (κ2) is 6.93. The second-order valence-corrected chi connectivity index (χ2v) is 5.73. The van der Waals surface area contributed by atoms with Crippen LogP contribution in [0.5, 0.6) is 0 Å². The van der Waals surface area contributed by atoms with Crippen LogP contribution in [0.15, 0.2) is 42.5 Å². The van der Waals surface area contributed by atoms with Crippen molar-refractivity contribution in [2.24, 2.45) is 0 Å². The highest BCUT2D eigenvalue weighted by molar-refractivity contribution is 5.68. The van der Waals surface area contributed by atoms with Gasteiger partial charge in [0.1, 0.15) is 0 Å². The second-order valence-electron chi connectivity index (χ2n) is 5.73. The Kier molecular flexibility index (Phi) is 4.89. The predicted octanol–water partition coefficient (Wildman–Crippen LogP) is 3.53. The number of rotatable bonds is 3. The minimum absolute atomic E-state index is 0.0609. The third-order valence-corrected chi connectivity index (χ3v) is 4.12. The molecule has 1 aliphatic heterocycles. The number of aliphatic hydroxyl groups excluding tert-OH is 1. The average molecular weight is 337 g/mol. The number of hydrogen-bond donors (Lipinski definition) is 2. The fourth-order valence-electron chi connectivity index (χ4n) is 2.88. The van der Waals surface area contributed by atoms with E-state index in [-0.39, 0.29) is 11.6 Å². The minimum Gasteiger partial charge on any atom is -0.392 e. The van der Waals surface area contributed by atoms with Gasteiger partial charge in [-0.2, -0.15) is 13.2 Å². The summed E-state index contributed by atoms with van der Waals surface area (Å²) in [6.07, 6.45) is -4.42. The fourth-order valence-corrected chi connectivity index (χ4v) is 2.88. The van der Waals surface area contributed by atoms with E-state index in [1.54, 1.807) is 0 Å². The molecule has 0 radical (unpaired) electrons. The zero-order valence-electron chi connectivity index (χ0n) is 12.9. The lowest BCUT2D eigenvalue weighted by Gasteiger charge is -2.24. The molecule has 1 saturated heterocycles. The zero-order valence-corrected chi connectivity index (χ0v) is 12.9. The van der Waals surface area contributed by atoms with Crippen LogP contribution in [0.1, 0.15) is 22.7 Å². The van der Waals surface area contributed by atoms with Crippen LogP contribution in [-0.4, -0.2) is 24.9 Å². The van der Waals surface area contributed by atoms with Crippen molar-refractivity contribution in [1.82, 2.24) is 5.32 Å².